The lowest BCUT2D eigenvalue weighted by atomic mass is 9.95. The molecule has 0 aliphatic carbocycles. The number of aromatic nitrogens is 1. The minimum atomic E-state index is -0.514. The monoisotopic (exact) mass is 372 g/mol. The van der Waals surface area contributed by atoms with Gasteiger partial charge >= 0.3 is 0 Å². The molecule has 0 fully saturated rings. The van der Waals surface area contributed by atoms with Crippen molar-refractivity contribution >= 4 is 11.1 Å². The van der Waals surface area contributed by atoms with Crippen molar-refractivity contribution < 1.29 is 13.5 Å². The van der Waals surface area contributed by atoms with Gasteiger partial charge < -0.3 is 9.15 Å². The van der Waals surface area contributed by atoms with Crippen LogP contribution in [-0.4, -0.2) is 4.98 Å². The maximum absolute atomic E-state index is 15.2. The molecule has 1 heterocycles. The fourth-order valence-corrected chi connectivity index (χ4v) is 3.24. The topological polar surface area (TPSA) is 59.1 Å². The molecule has 3 aromatic carbocycles. The summed E-state index contributed by atoms with van der Waals surface area (Å²) in [7, 11) is 0. The number of benzene rings is 3. The Morgan fingerprint density at radius 3 is 2.39 bits per heavy atom. The van der Waals surface area contributed by atoms with Crippen molar-refractivity contribution in [2.24, 2.45) is 0 Å². The number of rotatable bonds is 5. The number of hydrogen-bond acceptors (Lipinski definition) is 4. The summed E-state index contributed by atoms with van der Waals surface area (Å²) in [6, 6.07) is 21.0. The molecule has 28 heavy (non-hydrogen) atoms. The maximum atomic E-state index is 15.2. The third-order valence-electron chi connectivity index (χ3n) is 4.59. The van der Waals surface area contributed by atoms with E-state index in [0.29, 0.717) is 28.9 Å². The molecule has 1 aromatic heterocycles. The van der Waals surface area contributed by atoms with Gasteiger partial charge in [-0.15, -0.1) is 0 Å². The van der Waals surface area contributed by atoms with Crippen molar-refractivity contribution in [1.82, 2.24) is 4.98 Å². The summed E-state index contributed by atoms with van der Waals surface area (Å²) in [6.07, 6.45) is 0. The van der Waals surface area contributed by atoms with Crippen molar-refractivity contribution in [3.8, 4) is 17.2 Å². The molecule has 5 heteroatoms. The molecule has 0 aliphatic heterocycles. The summed E-state index contributed by atoms with van der Waals surface area (Å²) in [4.78, 5) is 4.32. The molecule has 0 saturated heterocycles. The third kappa shape index (κ3) is 3.26. The van der Waals surface area contributed by atoms with E-state index >= 15 is 4.39 Å². The van der Waals surface area contributed by atoms with Gasteiger partial charge in [0.25, 0.3) is 0 Å². The van der Waals surface area contributed by atoms with Gasteiger partial charge in [-0.1, -0.05) is 60.7 Å². The molecule has 0 aliphatic rings. The second kappa shape index (κ2) is 7.63. The number of oxazole rings is 1. The second-order valence-corrected chi connectivity index (χ2v) is 6.43. The Morgan fingerprint density at radius 1 is 1.04 bits per heavy atom. The van der Waals surface area contributed by atoms with E-state index in [2.05, 4.69) is 11.1 Å². The van der Waals surface area contributed by atoms with Gasteiger partial charge in [0.15, 0.2) is 11.4 Å². The smallest absolute Gasteiger partial charge is 0.221 e. The molecule has 4 rings (SSSR count). The van der Waals surface area contributed by atoms with Crippen LogP contribution in [0.3, 0.4) is 0 Å². The van der Waals surface area contributed by atoms with Crippen LogP contribution in [0.5, 0.6) is 0 Å². The molecule has 0 radical (unpaired) electrons. The third-order valence-corrected chi connectivity index (χ3v) is 4.59. The minimum absolute atomic E-state index is 0.0145. The molecule has 138 valence electrons. The highest BCUT2D eigenvalue weighted by Crippen LogP contribution is 2.35. The first-order chi connectivity index (χ1) is 13.7. The number of nitriles is 1. The molecule has 4 aromatic rings. The number of halogens is 1. The first-order valence-electron chi connectivity index (χ1n) is 8.87. The highest BCUT2D eigenvalue weighted by molar-refractivity contribution is 5.89. The van der Waals surface area contributed by atoms with Crippen molar-refractivity contribution in [3.05, 3.63) is 89.1 Å². The van der Waals surface area contributed by atoms with Crippen LogP contribution in [0.2, 0.25) is 0 Å². The van der Waals surface area contributed by atoms with E-state index in [4.69, 9.17) is 9.15 Å². The van der Waals surface area contributed by atoms with Gasteiger partial charge in [0.1, 0.15) is 18.2 Å². The van der Waals surface area contributed by atoms with Gasteiger partial charge in [0.05, 0.1) is 12.2 Å². The van der Waals surface area contributed by atoms with Crippen molar-refractivity contribution in [2.75, 3.05) is 0 Å². The fraction of sp³-hybridized carbons (Fsp3) is 0.130. The highest BCUT2D eigenvalue weighted by Gasteiger charge is 2.23. The SMILES string of the molecule is Cc1c(-c2ccccc2)c(F)c2oc(COCc3ccccc3)nc2c1C#N. The molecule has 0 N–H and O–H groups in total. The van der Waals surface area contributed by atoms with E-state index in [1.165, 1.54) is 0 Å². The first kappa shape index (κ1) is 17.9. The van der Waals surface area contributed by atoms with E-state index in [1.54, 1.807) is 19.1 Å². The number of ether oxygens (including phenoxy) is 1. The van der Waals surface area contributed by atoms with Gasteiger partial charge in [-0.2, -0.15) is 5.26 Å². The van der Waals surface area contributed by atoms with Crippen molar-refractivity contribution in [1.29, 1.82) is 5.26 Å². The van der Waals surface area contributed by atoms with Crippen LogP contribution in [0, 0.1) is 24.1 Å². The quantitative estimate of drug-likeness (QED) is 0.462. The molecule has 0 spiro atoms. The Kier molecular flexibility index (Phi) is 4.88. The summed E-state index contributed by atoms with van der Waals surface area (Å²) < 4.78 is 26.5. The van der Waals surface area contributed by atoms with Crippen molar-refractivity contribution in [3.63, 3.8) is 0 Å². The second-order valence-electron chi connectivity index (χ2n) is 6.43. The maximum Gasteiger partial charge on any atom is 0.221 e. The number of fused-ring (bicyclic) bond motifs is 1. The molecule has 0 saturated carbocycles. The average molecular weight is 372 g/mol. The number of hydrogen-bond donors (Lipinski definition) is 0. The van der Waals surface area contributed by atoms with Crippen LogP contribution in [0.4, 0.5) is 4.39 Å². The van der Waals surface area contributed by atoms with Gasteiger partial charge in [-0.3, -0.25) is 0 Å². The van der Waals surface area contributed by atoms with Crippen molar-refractivity contribution in [2.45, 2.75) is 20.1 Å². The Balaban J connectivity index is 1.70. The van der Waals surface area contributed by atoms with E-state index < -0.39 is 5.82 Å². The van der Waals surface area contributed by atoms with E-state index in [1.807, 2.05) is 48.5 Å². The lowest BCUT2D eigenvalue weighted by molar-refractivity contribution is 0.0905. The standard InChI is InChI=1S/C23H17FN2O2/c1-15-18(12-25)22-23(21(24)20(15)17-10-6-3-7-11-17)28-19(26-22)14-27-13-16-8-4-2-5-9-16/h2-11H,13-14H2,1H3. The summed E-state index contributed by atoms with van der Waals surface area (Å²) in [5, 5.41) is 9.63. The zero-order valence-electron chi connectivity index (χ0n) is 15.3. The molecule has 0 unspecified atom stereocenters. The summed E-state index contributed by atoms with van der Waals surface area (Å²) in [5.74, 6) is -0.273. The summed E-state index contributed by atoms with van der Waals surface area (Å²) in [5.41, 5.74) is 3.14. The van der Waals surface area contributed by atoms with Gasteiger partial charge in [-0.05, 0) is 23.6 Å². The van der Waals surface area contributed by atoms with Crippen LogP contribution in [0.1, 0.15) is 22.6 Å². The Bertz CT molecular complexity index is 1160. The Labute approximate surface area is 161 Å². The lowest BCUT2D eigenvalue weighted by Gasteiger charge is -2.09. The lowest BCUT2D eigenvalue weighted by Crippen LogP contribution is -1.96. The fourth-order valence-electron chi connectivity index (χ4n) is 3.24. The van der Waals surface area contributed by atoms with Crippen LogP contribution < -0.4 is 0 Å². The molecule has 0 bridgehead atoms. The van der Waals surface area contributed by atoms with Gasteiger partial charge in [-0.25, -0.2) is 9.37 Å². The van der Waals surface area contributed by atoms with Gasteiger partial charge in [0, 0.05) is 5.56 Å². The Hall–Kier alpha value is -3.49. The van der Waals surface area contributed by atoms with E-state index in [9.17, 15) is 5.26 Å². The zero-order chi connectivity index (χ0) is 19.5. The summed E-state index contributed by atoms with van der Waals surface area (Å²) in [6.45, 7) is 2.21. The molecule has 0 atom stereocenters. The molecular weight excluding hydrogens is 355 g/mol. The van der Waals surface area contributed by atoms with E-state index in [-0.39, 0.29) is 23.6 Å². The average Bonchev–Trinajstić information content (AvgIpc) is 3.14. The Morgan fingerprint density at radius 2 is 1.71 bits per heavy atom. The highest BCUT2D eigenvalue weighted by atomic mass is 19.1. The summed E-state index contributed by atoms with van der Waals surface area (Å²) >= 11 is 0. The van der Waals surface area contributed by atoms with Crippen LogP contribution >= 0.6 is 0 Å². The molecule has 0 amide bonds. The van der Waals surface area contributed by atoms with E-state index in [0.717, 1.165) is 5.56 Å². The van der Waals surface area contributed by atoms with Crippen LogP contribution in [-0.2, 0) is 18.0 Å². The van der Waals surface area contributed by atoms with Crippen LogP contribution in [0.15, 0.2) is 65.1 Å². The number of nitrogens with zero attached hydrogens (tertiary/aromatic N) is 2. The first-order valence-corrected chi connectivity index (χ1v) is 8.87. The minimum Gasteiger partial charge on any atom is -0.435 e. The zero-order valence-corrected chi connectivity index (χ0v) is 15.3. The molecular formula is C23H17FN2O2. The predicted octanol–water partition coefficient (Wildman–Crippen LogP) is 5.53. The molecule has 4 nitrogen and oxygen atoms in total. The largest absolute Gasteiger partial charge is 0.435 e. The predicted molar refractivity (Wildman–Crippen MR) is 104 cm³/mol. The normalized spacial score (nSPS) is 10.9. The van der Waals surface area contributed by atoms with Crippen LogP contribution in [0.25, 0.3) is 22.2 Å². The van der Waals surface area contributed by atoms with Gasteiger partial charge in [0.2, 0.25) is 5.89 Å².